The van der Waals surface area contributed by atoms with E-state index in [0.717, 1.165) is 10.5 Å². The standard InChI is InChI=1S/C14H19NO4/c1-4-14(2,12(16)17)15(3)13(18)19-10-11-8-6-5-7-9-11/h5-9H,4,10H2,1-3H3,(H,16,17)/t14-/m0/s1. The third-order valence-electron chi connectivity index (χ3n) is 3.37. The summed E-state index contributed by atoms with van der Waals surface area (Å²) in [6.07, 6.45) is -0.338. The highest BCUT2D eigenvalue weighted by Gasteiger charge is 2.39. The minimum absolute atomic E-state index is 0.128. The van der Waals surface area contributed by atoms with E-state index < -0.39 is 17.6 Å². The SMILES string of the molecule is CC[C@@](C)(C(=O)O)N(C)C(=O)OCc1ccccc1. The molecule has 1 N–H and O–H groups in total. The van der Waals surface area contributed by atoms with E-state index in [2.05, 4.69) is 0 Å². The first-order chi connectivity index (χ1) is 8.91. The Labute approximate surface area is 112 Å². The van der Waals surface area contributed by atoms with Crippen LogP contribution in [0, 0.1) is 0 Å². The number of likely N-dealkylation sites (N-methyl/N-ethyl adjacent to an activating group) is 1. The van der Waals surface area contributed by atoms with Gasteiger partial charge in [-0.15, -0.1) is 0 Å². The number of hydrogen-bond donors (Lipinski definition) is 1. The number of hydrogen-bond acceptors (Lipinski definition) is 3. The first-order valence-corrected chi connectivity index (χ1v) is 6.09. The molecule has 1 rings (SSSR count). The Kier molecular flexibility index (Phi) is 4.92. The molecule has 0 unspecified atom stereocenters. The Balaban J connectivity index is 2.65. The molecule has 0 heterocycles. The molecule has 0 aliphatic heterocycles. The average molecular weight is 265 g/mol. The summed E-state index contributed by atoms with van der Waals surface area (Å²) >= 11 is 0. The van der Waals surface area contributed by atoms with Crippen molar-refractivity contribution in [2.24, 2.45) is 0 Å². The van der Waals surface area contributed by atoms with E-state index in [4.69, 9.17) is 4.74 Å². The fourth-order valence-corrected chi connectivity index (χ4v) is 1.55. The van der Waals surface area contributed by atoms with E-state index in [9.17, 15) is 14.7 Å². The summed E-state index contributed by atoms with van der Waals surface area (Å²) in [4.78, 5) is 24.2. The first kappa shape index (κ1) is 15.0. The van der Waals surface area contributed by atoms with Crippen molar-refractivity contribution in [1.29, 1.82) is 0 Å². The number of carbonyl (C=O) groups is 2. The first-order valence-electron chi connectivity index (χ1n) is 6.09. The van der Waals surface area contributed by atoms with E-state index >= 15 is 0 Å². The number of ether oxygens (including phenoxy) is 1. The molecular weight excluding hydrogens is 246 g/mol. The molecule has 0 saturated carbocycles. The summed E-state index contributed by atoms with van der Waals surface area (Å²) in [5.74, 6) is -1.05. The Morgan fingerprint density at radius 3 is 2.37 bits per heavy atom. The molecule has 0 aliphatic rings. The monoisotopic (exact) mass is 265 g/mol. The predicted molar refractivity (Wildman–Crippen MR) is 70.7 cm³/mol. The molecule has 0 bridgehead atoms. The number of carboxylic acid groups (broad SMARTS) is 1. The van der Waals surface area contributed by atoms with Crippen molar-refractivity contribution in [3.05, 3.63) is 35.9 Å². The molecule has 0 spiro atoms. The Bertz CT molecular complexity index is 446. The second-order valence-electron chi connectivity index (χ2n) is 4.53. The van der Waals surface area contributed by atoms with Crippen molar-refractivity contribution >= 4 is 12.1 Å². The van der Waals surface area contributed by atoms with E-state index in [1.54, 1.807) is 6.92 Å². The quantitative estimate of drug-likeness (QED) is 0.888. The van der Waals surface area contributed by atoms with Crippen LogP contribution in [-0.4, -0.2) is 34.7 Å². The zero-order chi connectivity index (χ0) is 14.5. The maximum atomic E-state index is 11.9. The summed E-state index contributed by atoms with van der Waals surface area (Å²) in [5, 5.41) is 9.19. The van der Waals surface area contributed by atoms with Crippen LogP contribution in [0.3, 0.4) is 0 Å². The Hall–Kier alpha value is -2.04. The van der Waals surface area contributed by atoms with Gasteiger partial charge in [0.2, 0.25) is 0 Å². The van der Waals surface area contributed by atoms with Crippen LogP contribution >= 0.6 is 0 Å². The summed E-state index contributed by atoms with van der Waals surface area (Å²) in [5.41, 5.74) is -0.397. The molecular formula is C14H19NO4. The Morgan fingerprint density at radius 2 is 1.89 bits per heavy atom. The van der Waals surface area contributed by atoms with Crippen molar-refractivity contribution in [1.82, 2.24) is 4.90 Å². The van der Waals surface area contributed by atoms with Gasteiger partial charge in [0.1, 0.15) is 12.1 Å². The van der Waals surface area contributed by atoms with Crippen LogP contribution < -0.4 is 0 Å². The maximum Gasteiger partial charge on any atom is 0.410 e. The average Bonchev–Trinajstić information content (AvgIpc) is 2.43. The minimum Gasteiger partial charge on any atom is -0.480 e. The molecule has 19 heavy (non-hydrogen) atoms. The van der Waals surface area contributed by atoms with Crippen molar-refractivity contribution in [2.45, 2.75) is 32.4 Å². The van der Waals surface area contributed by atoms with Crippen LogP contribution in [0.25, 0.3) is 0 Å². The van der Waals surface area contributed by atoms with Gasteiger partial charge in [0.15, 0.2) is 0 Å². The van der Waals surface area contributed by atoms with E-state index in [-0.39, 0.29) is 6.61 Å². The molecule has 0 fully saturated rings. The van der Waals surface area contributed by atoms with Crippen molar-refractivity contribution in [3.63, 3.8) is 0 Å². The molecule has 5 nitrogen and oxygen atoms in total. The molecule has 1 atom stereocenters. The van der Waals surface area contributed by atoms with E-state index in [0.29, 0.717) is 6.42 Å². The lowest BCUT2D eigenvalue weighted by molar-refractivity contribution is -0.149. The Morgan fingerprint density at radius 1 is 1.32 bits per heavy atom. The lowest BCUT2D eigenvalue weighted by Gasteiger charge is -2.33. The molecule has 0 saturated heterocycles. The maximum absolute atomic E-state index is 11.9. The van der Waals surface area contributed by atoms with Gasteiger partial charge in [-0.25, -0.2) is 9.59 Å². The smallest absolute Gasteiger partial charge is 0.410 e. The highest BCUT2D eigenvalue weighted by atomic mass is 16.6. The zero-order valence-corrected chi connectivity index (χ0v) is 11.4. The topological polar surface area (TPSA) is 66.8 Å². The number of amides is 1. The van der Waals surface area contributed by atoms with Gasteiger partial charge in [-0.3, -0.25) is 4.90 Å². The van der Waals surface area contributed by atoms with Gasteiger partial charge >= 0.3 is 12.1 Å². The number of carboxylic acids is 1. The molecule has 1 aromatic carbocycles. The van der Waals surface area contributed by atoms with Crippen LogP contribution in [0.2, 0.25) is 0 Å². The van der Waals surface area contributed by atoms with E-state index in [1.807, 2.05) is 30.3 Å². The predicted octanol–water partition coefficient (Wildman–Crippen LogP) is 2.51. The molecule has 0 aromatic heterocycles. The molecule has 5 heteroatoms. The van der Waals surface area contributed by atoms with Gasteiger partial charge in [-0.2, -0.15) is 0 Å². The summed E-state index contributed by atoms with van der Waals surface area (Å²) in [7, 11) is 1.44. The third-order valence-corrected chi connectivity index (χ3v) is 3.37. The fourth-order valence-electron chi connectivity index (χ4n) is 1.55. The zero-order valence-electron chi connectivity index (χ0n) is 11.4. The summed E-state index contributed by atoms with van der Waals surface area (Å²) < 4.78 is 5.11. The fraction of sp³-hybridized carbons (Fsp3) is 0.429. The van der Waals surface area contributed by atoms with Gasteiger partial charge in [-0.1, -0.05) is 37.3 Å². The van der Waals surface area contributed by atoms with Crippen LogP contribution in [0.4, 0.5) is 4.79 Å². The van der Waals surface area contributed by atoms with Crippen LogP contribution in [0.15, 0.2) is 30.3 Å². The van der Waals surface area contributed by atoms with Gasteiger partial charge in [-0.05, 0) is 18.9 Å². The lowest BCUT2D eigenvalue weighted by Crippen LogP contribution is -2.52. The number of benzene rings is 1. The molecule has 0 radical (unpaired) electrons. The molecule has 0 aliphatic carbocycles. The van der Waals surface area contributed by atoms with Gasteiger partial charge in [0, 0.05) is 7.05 Å². The number of carbonyl (C=O) groups excluding carboxylic acids is 1. The second-order valence-corrected chi connectivity index (χ2v) is 4.53. The van der Waals surface area contributed by atoms with Crippen LogP contribution in [-0.2, 0) is 16.1 Å². The van der Waals surface area contributed by atoms with E-state index in [1.165, 1.54) is 14.0 Å². The molecule has 1 aromatic rings. The van der Waals surface area contributed by atoms with Crippen molar-refractivity contribution < 1.29 is 19.4 Å². The molecule has 104 valence electrons. The highest BCUT2D eigenvalue weighted by Crippen LogP contribution is 2.19. The normalized spacial score (nSPS) is 13.4. The lowest BCUT2D eigenvalue weighted by atomic mass is 9.98. The van der Waals surface area contributed by atoms with Gasteiger partial charge < -0.3 is 9.84 Å². The van der Waals surface area contributed by atoms with Crippen LogP contribution in [0.5, 0.6) is 0 Å². The van der Waals surface area contributed by atoms with Crippen molar-refractivity contribution in [3.8, 4) is 0 Å². The summed E-state index contributed by atoms with van der Waals surface area (Å²) in [6.45, 7) is 3.34. The molecule has 1 amide bonds. The van der Waals surface area contributed by atoms with Gasteiger partial charge in [0.05, 0.1) is 0 Å². The highest BCUT2D eigenvalue weighted by molar-refractivity contribution is 5.83. The largest absolute Gasteiger partial charge is 0.480 e. The van der Waals surface area contributed by atoms with Gasteiger partial charge in [0.25, 0.3) is 0 Å². The summed E-state index contributed by atoms with van der Waals surface area (Å²) in [6, 6.07) is 9.24. The number of aliphatic carboxylic acids is 1. The number of rotatable bonds is 5. The van der Waals surface area contributed by atoms with Crippen molar-refractivity contribution in [2.75, 3.05) is 7.05 Å². The van der Waals surface area contributed by atoms with Crippen LogP contribution in [0.1, 0.15) is 25.8 Å². The minimum atomic E-state index is -1.26. The number of nitrogens with zero attached hydrogens (tertiary/aromatic N) is 1. The third kappa shape index (κ3) is 3.47. The second kappa shape index (κ2) is 6.22.